The standard InChI is InChI=1S/C24H24N2O2/c1-26(22-16-15-18-9-5-6-12-20(18)22)17-24(27)25-21-13-7-8-14-23(21)28-19-10-3-2-4-11-19/h2-14,22H,15-17H2,1H3,(H,25,27). The first-order chi connectivity index (χ1) is 13.7. The number of carbonyl (C=O) groups excluding carboxylic acids is 1. The molecule has 0 bridgehead atoms. The van der Waals surface area contributed by atoms with Crippen molar-refractivity contribution in [1.29, 1.82) is 0 Å². The number of ether oxygens (including phenoxy) is 1. The van der Waals surface area contributed by atoms with E-state index in [0.717, 1.165) is 18.6 Å². The molecular weight excluding hydrogens is 348 g/mol. The first-order valence-corrected chi connectivity index (χ1v) is 9.60. The van der Waals surface area contributed by atoms with E-state index in [1.807, 2.05) is 61.6 Å². The number of aryl methyl sites for hydroxylation is 1. The van der Waals surface area contributed by atoms with Gasteiger partial charge in [-0.15, -0.1) is 0 Å². The fraction of sp³-hybridized carbons (Fsp3) is 0.208. The zero-order valence-corrected chi connectivity index (χ0v) is 16.0. The third-order valence-electron chi connectivity index (χ3n) is 5.16. The number of hydrogen-bond donors (Lipinski definition) is 1. The van der Waals surface area contributed by atoms with Gasteiger partial charge in [0.2, 0.25) is 5.91 Å². The van der Waals surface area contributed by atoms with Crippen molar-refractivity contribution >= 4 is 11.6 Å². The number of nitrogens with one attached hydrogen (secondary N) is 1. The van der Waals surface area contributed by atoms with Gasteiger partial charge in [-0.3, -0.25) is 9.69 Å². The highest BCUT2D eigenvalue weighted by atomic mass is 16.5. The van der Waals surface area contributed by atoms with Crippen LogP contribution < -0.4 is 10.1 Å². The molecule has 0 radical (unpaired) electrons. The van der Waals surface area contributed by atoms with E-state index < -0.39 is 0 Å². The van der Waals surface area contributed by atoms with Gasteiger partial charge in [0.05, 0.1) is 12.2 Å². The topological polar surface area (TPSA) is 41.6 Å². The molecule has 0 heterocycles. The van der Waals surface area contributed by atoms with Gasteiger partial charge in [-0.2, -0.15) is 0 Å². The van der Waals surface area contributed by atoms with Gasteiger partial charge in [0.25, 0.3) is 0 Å². The fourth-order valence-electron chi connectivity index (χ4n) is 3.79. The molecule has 3 aromatic rings. The highest BCUT2D eigenvalue weighted by Gasteiger charge is 2.26. The van der Waals surface area contributed by atoms with Gasteiger partial charge in [-0.25, -0.2) is 0 Å². The molecule has 0 aliphatic heterocycles. The van der Waals surface area contributed by atoms with Gasteiger partial charge >= 0.3 is 0 Å². The number of hydrogen-bond acceptors (Lipinski definition) is 3. The lowest BCUT2D eigenvalue weighted by Gasteiger charge is -2.24. The number of benzene rings is 3. The summed E-state index contributed by atoms with van der Waals surface area (Å²) in [5.41, 5.74) is 3.41. The molecule has 0 saturated heterocycles. The van der Waals surface area contributed by atoms with E-state index in [-0.39, 0.29) is 11.9 Å². The van der Waals surface area contributed by atoms with Gasteiger partial charge in [-0.05, 0) is 55.3 Å². The Morgan fingerprint density at radius 2 is 1.71 bits per heavy atom. The third kappa shape index (κ3) is 4.07. The highest BCUT2D eigenvalue weighted by molar-refractivity contribution is 5.93. The Labute approximate surface area is 165 Å². The van der Waals surface area contributed by atoms with E-state index in [1.165, 1.54) is 11.1 Å². The third-order valence-corrected chi connectivity index (χ3v) is 5.16. The monoisotopic (exact) mass is 372 g/mol. The highest BCUT2D eigenvalue weighted by Crippen LogP contribution is 2.35. The SMILES string of the molecule is CN(CC(=O)Nc1ccccc1Oc1ccccc1)C1CCc2ccccc21. The van der Waals surface area contributed by atoms with Crippen LogP contribution in [0.25, 0.3) is 0 Å². The predicted octanol–water partition coefficient (Wildman–Crippen LogP) is 5.04. The lowest BCUT2D eigenvalue weighted by molar-refractivity contribution is -0.117. The second kappa shape index (κ2) is 8.28. The molecule has 0 spiro atoms. The van der Waals surface area contributed by atoms with Crippen molar-refractivity contribution in [3.63, 3.8) is 0 Å². The normalized spacial score (nSPS) is 15.3. The van der Waals surface area contributed by atoms with Crippen LogP contribution in [0.3, 0.4) is 0 Å². The van der Waals surface area contributed by atoms with Crippen LogP contribution in [0.4, 0.5) is 5.69 Å². The van der Waals surface area contributed by atoms with Crippen molar-refractivity contribution in [2.24, 2.45) is 0 Å². The van der Waals surface area contributed by atoms with Crippen LogP contribution in [0.15, 0.2) is 78.9 Å². The number of likely N-dealkylation sites (N-methyl/N-ethyl adjacent to an activating group) is 1. The summed E-state index contributed by atoms with van der Waals surface area (Å²) >= 11 is 0. The number of anilines is 1. The Kier molecular flexibility index (Phi) is 5.40. The van der Waals surface area contributed by atoms with Crippen LogP contribution in [-0.2, 0) is 11.2 Å². The lowest BCUT2D eigenvalue weighted by atomic mass is 10.1. The van der Waals surface area contributed by atoms with Gasteiger partial charge in [0, 0.05) is 6.04 Å². The van der Waals surface area contributed by atoms with Crippen molar-refractivity contribution in [2.75, 3.05) is 18.9 Å². The average molecular weight is 372 g/mol. The average Bonchev–Trinajstić information content (AvgIpc) is 3.14. The Balaban J connectivity index is 1.42. The number of rotatable bonds is 6. The largest absolute Gasteiger partial charge is 0.455 e. The summed E-state index contributed by atoms with van der Waals surface area (Å²) in [6.45, 7) is 0.332. The summed E-state index contributed by atoms with van der Waals surface area (Å²) in [5.74, 6) is 1.33. The van der Waals surface area contributed by atoms with Crippen molar-refractivity contribution in [1.82, 2.24) is 4.90 Å². The van der Waals surface area contributed by atoms with Crippen LogP contribution in [0.1, 0.15) is 23.6 Å². The second-order valence-corrected chi connectivity index (χ2v) is 7.13. The number of para-hydroxylation sites is 3. The molecule has 1 aliphatic carbocycles. The zero-order valence-electron chi connectivity index (χ0n) is 16.0. The summed E-state index contributed by atoms with van der Waals surface area (Å²) in [4.78, 5) is 14.8. The molecule has 4 nitrogen and oxygen atoms in total. The molecule has 4 heteroatoms. The molecule has 28 heavy (non-hydrogen) atoms. The molecule has 0 aromatic heterocycles. The number of nitrogens with zero attached hydrogens (tertiary/aromatic N) is 1. The second-order valence-electron chi connectivity index (χ2n) is 7.13. The maximum Gasteiger partial charge on any atom is 0.238 e. The minimum atomic E-state index is -0.0454. The molecule has 0 fully saturated rings. The molecule has 1 N–H and O–H groups in total. The smallest absolute Gasteiger partial charge is 0.238 e. The van der Waals surface area contributed by atoms with Crippen LogP contribution in [0, 0.1) is 0 Å². The quantitative estimate of drug-likeness (QED) is 0.659. The lowest BCUT2D eigenvalue weighted by Crippen LogP contribution is -2.32. The molecule has 4 rings (SSSR count). The molecule has 0 saturated carbocycles. The van der Waals surface area contributed by atoms with E-state index in [2.05, 4.69) is 34.5 Å². The fourth-order valence-corrected chi connectivity index (χ4v) is 3.79. The van der Waals surface area contributed by atoms with Crippen LogP contribution in [0.5, 0.6) is 11.5 Å². The summed E-state index contributed by atoms with van der Waals surface area (Å²) in [5, 5.41) is 3.00. The van der Waals surface area contributed by atoms with E-state index in [0.29, 0.717) is 18.0 Å². The summed E-state index contributed by atoms with van der Waals surface area (Å²) in [6.07, 6.45) is 2.12. The first kappa shape index (κ1) is 18.3. The van der Waals surface area contributed by atoms with Crippen LogP contribution in [-0.4, -0.2) is 24.4 Å². The van der Waals surface area contributed by atoms with Crippen molar-refractivity contribution < 1.29 is 9.53 Å². The summed E-state index contributed by atoms with van der Waals surface area (Å²) in [6, 6.07) is 25.9. The Bertz CT molecular complexity index is 956. The van der Waals surface area contributed by atoms with E-state index in [1.54, 1.807) is 0 Å². The Morgan fingerprint density at radius 1 is 1.00 bits per heavy atom. The molecule has 3 aromatic carbocycles. The molecule has 1 aliphatic rings. The predicted molar refractivity (Wildman–Crippen MR) is 112 cm³/mol. The number of fused-ring (bicyclic) bond motifs is 1. The molecule has 1 unspecified atom stereocenters. The summed E-state index contributed by atoms with van der Waals surface area (Å²) in [7, 11) is 2.01. The molecule has 142 valence electrons. The Hall–Kier alpha value is -3.11. The van der Waals surface area contributed by atoms with E-state index >= 15 is 0 Å². The van der Waals surface area contributed by atoms with Gasteiger partial charge in [-0.1, -0.05) is 54.6 Å². The van der Waals surface area contributed by atoms with Crippen molar-refractivity contribution in [3.8, 4) is 11.5 Å². The maximum atomic E-state index is 12.7. The van der Waals surface area contributed by atoms with Gasteiger partial charge < -0.3 is 10.1 Å². The first-order valence-electron chi connectivity index (χ1n) is 9.60. The van der Waals surface area contributed by atoms with E-state index in [9.17, 15) is 4.79 Å². The Morgan fingerprint density at radius 3 is 2.57 bits per heavy atom. The minimum Gasteiger partial charge on any atom is -0.455 e. The summed E-state index contributed by atoms with van der Waals surface area (Å²) < 4.78 is 5.93. The van der Waals surface area contributed by atoms with Crippen molar-refractivity contribution in [2.45, 2.75) is 18.9 Å². The number of amides is 1. The molecule has 1 amide bonds. The van der Waals surface area contributed by atoms with Gasteiger partial charge in [0.15, 0.2) is 5.75 Å². The molecule has 1 atom stereocenters. The maximum absolute atomic E-state index is 12.7. The van der Waals surface area contributed by atoms with Crippen molar-refractivity contribution in [3.05, 3.63) is 90.0 Å². The minimum absolute atomic E-state index is 0.0454. The zero-order chi connectivity index (χ0) is 19.3. The van der Waals surface area contributed by atoms with Gasteiger partial charge in [0.1, 0.15) is 5.75 Å². The van der Waals surface area contributed by atoms with Crippen LogP contribution in [0.2, 0.25) is 0 Å². The van der Waals surface area contributed by atoms with E-state index in [4.69, 9.17) is 4.74 Å². The van der Waals surface area contributed by atoms with Crippen LogP contribution >= 0.6 is 0 Å². The molecular formula is C24H24N2O2. The number of carbonyl (C=O) groups is 1.